The molecule has 0 atom stereocenters. The van der Waals surface area contributed by atoms with Crippen molar-refractivity contribution in [2.75, 3.05) is 44.2 Å². The summed E-state index contributed by atoms with van der Waals surface area (Å²) in [4.78, 5) is 4.58. The van der Waals surface area contributed by atoms with Gasteiger partial charge >= 0.3 is 0 Å². The smallest absolute Gasteiger partial charge is 0.252 e. The lowest BCUT2D eigenvalue weighted by Crippen LogP contribution is -2.44. The molecule has 2 aromatic rings. The summed E-state index contributed by atoms with van der Waals surface area (Å²) in [6.07, 6.45) is 3.83. The molecule has 0 radical (unpaired) electrons. The molecule has 1 aromatic heterocycles. The fourth-order valence-electron chi connectivity index (χ4n) is 5.12. The van der Waals surface area contributed by atoms with Crippen LogP contribution in [0.15, 0.2) is 46.0 Å². The van der Waals surface area contributed by atoms with Gasteiger partial charge in [-0.25, -0.2) is 8.42 Å². The molecule has 7 nitrogen and oxygen atoms in total. The van der Waals surface area contributed by atoms with Crippen molar-refractivity contribution in [1.29, 1.82) is 10.5 Å². The Morgan fingerprint density at radius 3 is 2.21 bits per heavy atom. The first-order valence-corrected chi connectivity index (χ1v) is 14.1. The molecule has 0 bridgehead atoms. The average Bonchev–Trinajstić information content (AvgIpc) is 3.52. The number of nitriles is 2. The van der Waals surface area contributed by atoms with Crippen molar-refractivity contribution < 1.29 is 8.42 Å². The Bertz CT molecular complexity index is 1110. The molecule has 2 aliphatic rings. The zero-order valence-corrected chi connectivity index (χ0v) is 21.0. The first kappa shape index (κ1) is 24.7. The fourth-order valence-corrected chi connectivity index (χ4v) is 7.71. The summed E-state index contributed by atoms with van der Waals surface area (Å²) in [5.41, 5.74) is 2.51. The van der Waals surface area contributed by atoms with Gasteiger partial charge in [0.15, 0.2) is 0 Å². The molecule has 2 fully saturated rings. The van der Waals surface area contributed by atoms with Crippen LogP contribution in [0, 0.1) is 28.1 Å². The van der Waals surface area contributed by atoms with Crippen LogP contribution in [-0.2, 0) is 16.6 Å². The molecule has 2 saturated heterocycles. The lowest BCUT2D eigenvalue weighted by molar-refractivity contribution is 0.153. The van der Waals surface area contributed by atoms with Crippen LogP contribution >= 0.6 is 11.3 Å². The Morgan fingerprint density at radius 1 is 0.971 bits per heavy atom. The summed E-state index contributed by atoms with van der Waals surface area (Å²) in [7, 11) is -3.35. The van der Waals surface area contributed by atoms with E-state index in [4.69, 9.17) is 10.5 Å². The van der Waals surface area contributed by atoms with Crippen LogP contribution in [-0.4, -0.2) is 56.9 Å². The Labute approximate surface area is 206 Å². The summed E-state index contributed by atoms with van der Waals surface area (Å²) in [5.74, 6) is 0. The number of sulfonamides is 1. The Kier molecular flexibility index (Phi) is 7.90. The molecule has 0 unspecified atom stereocenters. The van der Waals surface area contributed by atoms with Gasteiger partial charge in [0, 0.05) is 45.0 Å². The Morgan fingerprint density at radius 2 is 1.62 bits per heavy atom. The number of anilines is 1. The molecule has 1 aromatic carbocycles. The van der Waals surface area contributed by atoms with Crippen LogP contribution in [0.1, 0.15) is 37.7 Å². The van der Waals surface area contributed by atoms with Gasteiger partial charge in [0.05, 0.1) is 25.0 Å². The van der Waals surface area contributed by atoms with Crippen LogP contribution in [0.2, 0.25) is 0 Å². The van der Waals surface area contributed by atoms with Gasteiger partial charge in [-0.3, -0.25) is 4.90 Å². The second kappa shape index (κ2) is 10.9. The highest BCUT2D eigenvalue weighted by atomic mass is 32.2. The molecule has 180 valence electrons. The van der Waals surface area contributed by atoms with E-state index in [-0.39, 0.29) is 5.41 Å². The van der Waals surface area contributed by atoms with Crippen molar-refractivity contribution in [3.8, 4) is 12.1 Å². The minimum absolute atomic E-state index is 0.215. The van der Waals surface area contributed by atoms with Crippen molar-refractivity contribution in [2.45, 2.75) is 42.9 Å². The summed E-state index contributed by atoms with van der Waals surface area (Å²) in [5, 5.41) is 19.6. The molecule has 4 rings (SSSR count). The number of likely N-dealkylation sites (tertiary alicyclic amines) is 1. The van der Waals surface area contributed by atoms with Gasteiger partial charge in [-0.2, -0.15) is 14.8 Å². The molecule has 0 N–H and O–H groups in total. The molecule has 0 saturated carbocycles. The number of hydrogen-bond donors (Lipinski definition) is 0. The monoisotopic (exact) mass is 497 g/mol. The first-order valence-electron chi connectivity index (χ1n) is 11.8. The molecule has 9 heteroatoms. The minimum Gasteiger partial charge on any atom is -0.369 e. The summed E-state index contributed by atoms with van der Waals surface area (Å²) >= 11 is 1.29. The predicted molar refractivity (Wildman–Crippen MR) is 134 cm³/mol. The van der Waals surface area contributed by atoms with Crippen LogP contribution < -0.4 is 4.90 Å². The maximum atomic E-state index is 12.8. The highest BCUT2D eigenvalue weighted by molar-refractivity contribution is 7.91. The van der Waals surface area contributed by atoms with E-state index in [0.717, 1.165) is 44.6 Å². The van der Waals surface area contributed by atoms with Crippen molar-refractivity contribution in [3.05, 3.63) is 47.3 Å². The van der Waals surface area contributed by atoms with Gasteiger partial charge in [0.25, 0.3) is 10.0 Å². The van der Waals surface area contributed by atoms with Crippen LogP contribution in [0.25, 0.3) is 0 Å². The molecule has 0 aliphatic carbocycles. The minimum atomic E-state index is -3.35. The summed E-state index contributed by atoms with van der Waals surface area (Å²) in [6, 6.07) is 16.3. The normalized spacial score (nSPS) is 18.5. The predicted octanol–water partition coefficient (Wildman–Crippen LogP) is 4.06. The zero-order valence-electron chi connectivity index (χ0n) is 19.4. The standard InChI is InChI=1S/C25H31N5O2S2/c26-12-2-14-29(15-3-13-27)23-7-5-22(6-8-23)20-28-16-9-25(21-28)10-17-30(18-11-25)34(31,32)24-4-1-19-33-24/h1,4-8,19H,2-3,9-11,14-18,20-21H2. The van der Waals surface area contributed by atoms with E-state index in [1.165, 1.54) is 16.9 Å². The van der Waals surface area contributed by atoms with Gasteiger partial charge in [-0.1, -0.05) is 18.2 Å². The fraction of sp³-hybridized carbons (Fsp3) is 0.520. The van der Waals surface area contributed by atoms with E-state index in [9.17, 15) is 8.42 Å². The molecule has 2 aliphatic heterocycles. The highest BCUT2D eigenvalue weighted by Crippen LogP contribution is 2.42. The number of hydrogen-bond acceptors (Lipinski definition) is 7. The van der Waals surface area contributed by atoms with Crippen molar-refractivity contribution >= 4 is 27.0 Å². The third-order valence-electron chi connectivity index (χ3n) is 7.08. The third-order valence-corrected chi connectivity index (χ3v) is 10.4. The third kappa shape index (κ3) is 5.61. The molecule has 3 heterocycles. The lowest BCUT2D eigenvalue weighted by Gasteiger charge is -2.38. The molecule has 34 heavy (non-hydrogen) atoms. The van der Waals surface area contributed by atoms with E-state index >= 15 is 0 Å². The quantitative estimate of drug-likeness (QED) is 0.519. The van der Waals surface area contributed by atoms with Gasteiger partial charge < -0.3 is 4.90 Å². The van der Waals surface area contributed by atoms with Crippen LogP contribution in [0.5, 0.6) is 0 Å². The number of thiophene rings is 1. The second-order valence-corrected chi connectivity index (χ2v) is 12.4. The second-order valence-electron chi connectivity index (χ2n) is 9.27. The molecule has 1 spiro atoms. The number of nitrogens with zero attached hydrogens (tertiary/aromatic N) is 5. The topological polar surface area (TPSA) is 91.4 Å². The molecule has 0 amide bonds. The maximum absolute atomic E-state index is 12.8. The number of piperidine rings is 1. The first-order chi connectivity index (χ1) is 16.5. The summed E-state index contributed by atoms with van der Waals surface area (Å²) < 4.78 is 27.8. The van der Waals surface area contributed by atoms with Crippen LogP contribution in [0.3, 0.4) is 0 Å². The zero-order chi connectivity index (χ0) is 24.0. The van der Waals surface area contributed by atoms with Crippen molar-refractivity contribution in [1.82, 2.24) is 9.21 Å². The largest absolute Gasteiger partial charge is 0.369 e. The van der Waals surface area contributed by atoms with E-state index in [0.29, 0.717) is 43.2 Å². The van der Waals surface area contributed by atoms with Crippen molar-refractivity contribution in [3.63, 3.8) is 0 Å². The van der Waals surface area contributed by atoms with E-state index < -0.39 is 10.0 Å². The van der Waals surface area contributed by atoms with Gasteiger partial charge in [0.1, 0.15) is 4.21 Å². The Hall–Kier alpha value is -2.43. The number of rotatable bonds is 9. The van der Waals surface area contributed by atoms with Crippen LogP contribution in [0.4, 0.5) is 5.69 Å². The lowest BCUT2D eigenvalue weighted by atomic mass is 9.78. The highest BCUT2D eigenvalue weighted by Gasteiger charge is 2.42. The molecular formula is C25H31N5O2S2. The van der Waals surface area contributed by atoms with Gasteiger partial charge in [-0.05, 0) is 60.4 Å². The average molecular weight is 498 g/mol. The SMILES string of the molecule is N#CCCN(CCC#N)c1ccc(CN2CCC3(CCN(S(=O)(=O)c4cccs4)CC3)C2)cc1. The van der Waals surface area contributed by atoms with Crippen molar-refractivity contribution in [2.24, 2.45) is 5.41 Å². The maximum Gasteiger partial charge on any atom is 0.252 e. The van der Waals surface area contributed by atoms with E-state index in [1.54, 1.807) is 16.4 Å². The Balaban J connectivity index is 1.31. The molecular weight excluding hydrogens is 466 g/mol. The van der Waals surface area contributed by atoms with Gasteiger partial charge in [-0.15, -0.1) is 11.3 Å². The van der Waals surface area contributed by atoms with E-state index in [1.807, 2.05) is 5.38 Å². The summed E-state index contributed by atoms with van der Waals surface area (Å²) in [6.45, 7) is 5.40. The van der Waals surface area contributed by atoms with E-state index in [2.05, 4.69) is 46.2 Å². The number of benzene rings is 1. The van der Waals surface area contributed by atoms with Gasteiger partial charge in [0.2, 0.25) is 0 Å².